The molecule has 0 fully saturated rings. The van der Waals surface area contributed by atoms with E-state index in [2.05, 4.69) is 35.0 Å². The number of aliphatic imine (C=N–C) groups is 1. The van der Waals surface area contributed by atoms with Crippen molar-refractivity contribution in [3.63, 3.8) is 0 Å². The van der Waals surface area contributed by atoms with E-state index in [1.807, 2.05) is 32.1 Å². The summed E-state index contributed by atoms with van der Waals surface area (Å²) in [5.74, 6) is 6.78. The lowest BCUT2D eigenvalue weighted by Gasteiger charge is -2.11. The normalized spacial score (nSPS) is 14.7. The van der Waals surface area contributed by atoms with E-state index in [9.17, 15) is 0 Å². The lowest BCUT2D eigenvalue weighted by atomic mass is 9.96. The molecule has 1 heterocycles. The summed E-state index contributed by atoms with van der Waals surface area (Å²) in [4.78, 5) is 8.19. The summed E-state index contributed by atoms with van der Waals surface area (Å²) in [5.41, 5.74) is 10.9. The minimum atomic E-state index is 0.234. The Kier molecular flexibility index (Phi) is 6.44. The standard InChI is InChI=1S/C20H29N5O/c1-6-12(3)19-16(10-13(4)23-17(7-2)20(21)25-22)15-9-8-14(26-5)11-18(15)24-19/h7-9,11-12,24H,6,10,22H2,1-5H3,(H2,21,25)/b17-7-,23-13?. The number of ether oxygens (including phenoxy) is 1. The summed E-state index contributed by atoms with van der Waals surface area (Å²) >= 11 is 0. The van der Waals surface area contributed by atoms with Crippen LogP contribution in [0.2, 0.25) is 0 Å². The molecule has 0 amide bonds. The van der Waals surface area contributed by atoms with Crippen molar-refractivity contribution in [3.05, 3.63) is 41.2 Å². The van der Waals surface area contributed by atoms with Gasteiger partial charge in [0.1, 0.15) is 11.4 Å². The second-order valence-electron chi connectivity index (χ2n) is 6.45. The fraction of sp³-hybridized carbons (Fsp3) is 0.400. The number of methoxy groups -OCH3 is 1. The molecule has 6 nitrogen and oxygen atoms in total. The summed E-state index contributed by atoms with van der Waals surface area (Å²) in [6, 6.07) is 6.13. The van der Waals surface area contributed by atoms with Gasteiger partial charge in [-0.1, -0.05) is 19.9 Å². The highest BCUT2D eigenvalue weighted by Crippen LogP contribution is 2.32. The van der Waals surface area contributed by atoms with Crippen molar-refractivity contribution in [2.45, 2.75) is 46.5 Å². The number of nitrogens with two attached hydrogens (primary N) is 2. The van der Waals surface area contributed by atoms with Gasteiger partial charge in [-0.2, -0.15) is 5.10 Å². The van der Waals surface area contributed by atoms with Crippen LogP contribution in [0.1, 0.15) is 51.3 Å². The van der Waals surface area contributed by atoms with Gasteiger partial charge in [0.25, 0.3) is 0 Å². The number of aromatic nitrogens is 1. The largest absolute Gasteiger partial charge is 0.497 e. The molecular weight excluding hydrogens is 326 g/mol. The summed E-state index contributed by atoms with van der Waals surface area (Å²) < 4.78 is 5.36. The van der Waals surface area contributed by atoms with E-state index in [1.54, 1.807) is 7.11 Å². The van der Waals surface area contributed by atoms with Crippen molar-refractivity contribution in [2.24, 2.45) is 21.7 Å². The first-order chi connectivity index (χ1) is 12.4. The third kappa shape index (κ3) is 4.07. The maximum atomic E-state index is 5.80. The number of hydrogen-bond donors (Lipinski definition) is 3. The summed E-state index contributed by atoms with van der Waals surface area (Å²) in [6.45, 7) is 8.29. The third-order valence-electron chi connectivity index (χ3n) is 4.67. The lowest BCUT2D eigenvalue weighted by Crippen LogP contribution is -2.17. The van der Waals surface area contributed by atoms with E-state index < -0.39 is 0 Å². The number of allylic oxidation sites excluding steroid dienone is 1. The van der Waals surface area contributed by atoms with E-state index >= 15 is 0 Å². The molecule has 1 aromatic carbocycles. The molecule has 0 aliphatic carbocycles. The number of benzene rings is 1. The van der Waals surface area contributed by atoms with E-state index in [0.29, 0.717) is 11.6 Å². The van der Waals surface area contributed by atoms with Crippen LogP contribution in [0.25, 0.3) is 10.9 Å². The van der Waals surface area contributed by atoms with E-state index in [4.69, 9.17) is 16.3 Å². The maximum absolute atomic E-state index is 5.80. The topological polar surface area (TPSA) is 102 Å². The average Bonchev–Trinajstić information content (AvgIpc) is 3.02. The van der Waals surface area contributed by atoms with Crippen molar-refractivity contribution in [3.8, 4) is 5.75 Å². The van der Waals surface area contributed by atoms with Gasteiger partial charge in [0, 0.05) is 34.8 Å². The minimum absolute atomic E-state index is 0.234. The van der Waals surface area contributed by atoms with Gasteiger partial charge in [0.05, 0.1) is 7.11 Å². The van der Waals surface area contributed by atoms with Crippen LogP contribution in [-0.4, -0.2) is 23.6 Å². The first-order valence-electron chi connectivity index (χ1n) is 8.87. The third-order valence-corrected chi connectivity index (χ3v) is 4.67. The molecule has 0 spiro atoms. The first kappa shape index (κ1) is 19.6. The first-order valence-corrected chi connectivity index (χ1v) is 8.87. The molecule has 1 unspecified atom stereocenters. The number of hydrazone groups is 1. The van der Waals surface area contributed by atoms with Crippen molar-refractivity contribution in [1.82, 2.24) is 4.98 Å². The van der Waals surface area contributed by atoms with E-state index in [-0.39, 0.29) is 5.84 Å². The number of H-pyrrole nitrogens is 1. The van der Waals surface area contributed by atoms with Crippen LogP contribution in [0.4, 0.5) is 0 Å². The van der Waals surface area contributed by atoms with Gasteiger partial charge in [0.2, 0.25) is 0 Å². The number of fused-ring (bicyclic) bond motifs is 1. The molecule has 5 N–H and O–H groups in total. The Labute approximate surface area is 155 Å². The highest BCUT2D eigenvalue weighted by Gasteiger charge is 2.17. The van der Waals surface area contributed by atoms with E-state index in [0.717, 1.165) is 29.8 Å². The van der Waals surface area contributed by atoms with Crippen LogP contribution >= 0.6 is 0 Å². The van der Waals surface area contributed by atoms with E-state index in [1.165, 1.54) is 16.6 Å². The predicted octanol–water partition coefficient (Wildman–Crippen LogP) is 3.83. The highest BCUT2D eigenvalue weighted by atomic mass is 16.5. The average molecular weight is 355 g/mol. The number of amidine groups is 1. The zero-order chi connectivity index (χ0) is 19.3. The molecule has 26 heavy (non-hydrogen) atoms. The van der Waals surface area contributed by atoms with Crippen molar-refractivity contribution < 1.29 is 4.74 Å². The minimum Gasteiger partial charge on any atom is -0.497 e. The molecule has 0 aliphatic heterocycles. The van der Waals surface area contributed by atoms with Gasteiger partial charge in [-0.3, -0.25) is 4.99 Å². The van der Waals surface area contributed by atoms with Crippen LogP contribution in [0, 0.1) is 0 Å². The lowest BCUT2D eigenvalue weighted by molar-refractivity contribution is 0.415. The van der Waals surface area contributed by atoms with Gasteiger partial charge in [-0.25, -0.2) is 0 Å². The predicted molar refractivity (Wildman–Crippen MR) is 110 cm³/mol. The Morgan fingerprint density at radius 1 is 1.38 bits per heavy atom. The monoisotopic (exact) mass is 355 g/mol. The second-order valence-corrected chi connectivity index (χ2v) is 6.45. The molecule has 1 aromatic heterocycles. The molecule has 2 rings (SSSR count). The fourth-order valence-corrected chi connectivity index (χ4v) is 3.03. The summed E-state index contributed by atoms with van der Waals surface area (Å²) in [6.07, 6.45) is 3.59. The smallest absolute Gasteiger partial charge is 0.168 e. The molecule has 0 radical (unpaired) electrons. The van der Waals surface area contributed by atoms with Crippen LogP contribution in [0.3, 0.4) is 0 Å². The van der Waals surface area contributed by atoms with Crippen LogP contribution in [0.5, 0.6) is 5.75 Å². The highest BCUT2D eigenvalue weighted by molar-refractivity contribution is 6.00. The Morgan fingerprint density at radius 3 is 2.69 bits per heavy atom. The van der Waals surface area contributed by atoms with Gasteiger partial charge in [-0.05, 0) is 43.9 Å². The van der Waals surface area contributed by atoms with Crippen molar-refractivity contribution >= 4 is 22.5 Å². The molecule has 6 heteroatoms. The molecular formula is C20H29N5O. The fourth-order valence-electron chi connectivity index (χ4n) is 3.03. The Bertz CT molecular complexity index is 860. The zero-order valence-corrected chi connectivity index (χ0v) is 16.3. The SMILES string of the molecule is C/C=C(N=C(C)Cc1c(C(C)CC)[nH]c2cc(OC)ccc12)/C(N)=N/N. The van der Waals surface area contributed by atoms with Gasteiger partial charge in [-0.15, -0.1) is 0 Å². The maximum Gasteiger partial charge on any atom is 0.168 e. The van der Waals surface area contributed by atoms with Gasteiger partial charge >= 0.3 is 0 Å². The molecule has 0 bridgehead atoms. The number of aromatic amines is 1. The van der Waals surface area contributed by atoms with Gasteiger partial charge in [0.15, 0.2) is 5.84 Å². The van der Waals surface area contributed by atoms with Crippen molar-refractivity contribution in [2.75, 3.05) is 7.11 Å². The number of hydrogen-bond acceptors (Lipinski definition) is 4. The van der Waals surface area contributed by atoms with Crippen LogP contribution in [-0.2, 0) is 6.42 Å². The summed E-state index contributed by atoms with van der Waals surface area (Å²) in [7, 11) is 1.68. The Balaban J connectivity index is 2.50. The van der Waals surface area contributed by atoms with Crippen molar-refractivity contribution in [1.29, 1.82) is 0 Å². The molecule has 140 valence electrons. The number of rotatable bonds is 7. The molecule has 0 aliphatic rings. The van der Waals surface area contributed by atoms with Gasteiger partial charge < -0.3 is 21.3 Å². The van der Waals surface area contributed by atoms with Crippen LogP contribution in [0.15, 0.2) is 40.1 Å². The second kappa shape index (κ2) is 8.56. The summed E-state index contributed by atoms with van der Waals surface area (Å²) in [5, 5.41) is 4.73. The molecule has 0 saturated carbocycles. The molecule has 1 atom stereocenters. The van der Waals surface area contributed by atoms with Crippen LogP contribution < -0.4 is 16.3 Å². The Morgan fingerprint density at radius 2 is 2.12 bits per heavy atom. The molecule has 2 aromatic rings. The Hall–Kier alpha value is -2.76. The zero-order valence-electron chi connectivity index (χ0n) is 16.3. The molecule has 0 saturated heterocycles. The number of nitrogens with zero attached hydrogens (tertiary/aromatic N) is 2. The quantitative estimate of drug-likeness (QED) is 0.304. The number of nitrogens with one attached hydrogen (secondary N) is 1.